The molecule has 0 aliphatic carbocycles. The van der Waals surface area contributed by atoms with Crippen LogP contribution in [0.25, 0.3) is 21.9 Å². The lowest BCUT2D eigenvalue weighted by Gasteiger charge is -2.01. The lowest BCUT2D eigenvalue weighted by molar-refractivity contribution is 0.0466. The van der Waals surface area contributed by atoms with Crippen LogP contribution in [0.3, 0.4) is 0 Å². The SMILES string of the molecule is Cc1ccc2nc(COC(=O)c3c[nH]c4ccccc34)[nH]c2c1. The Labute approximate surface area is 132 Å². The molecule has 2 aromatic carbocycles. The predicted octanol–water partition coefficient (Wildman–Crippen LogP) is 3.71. The molecule has 0 aliphatic heterocycles. The molecular weight excluding hydrogens is 290 g/mol. The number of hydrogen-bond acceptors (Lipinski definition) is 3. The molecular formula is C18H15N3O2. The number of esters is 1. The van der Waals surface area contributed by atoms with Gasteiger partial charge in [-0.3, -0.25) is 0 Å². The van der Waals surface area contributed by atoms with Crippen molar-refractivity contribution < 1.29 is 9.53 Å². The third kappa shape index (κ3) is 2.46. The Hall–Kier alpha value is -3.08. The van der Waals surface area contributed by atoms with E-state index < -0.39 is 0 Å². The van der Waals surface area contributed by atoms with Gasteiger partial charge in [0, 0.05) is 17.1 Å². The highest BCUT2D eigenvalue weighted by Gasteiger charge is 2.14. The Morgan fingerprint density at radius 2 is 2.04 bits per heavy atom. The van der Waals surface area contributed by atoms with Crippen molar-refractivity contribution in [2.75, 3.05) is 0 Å². The quantitative estimate of drug-likeness (QED) is 0.567. The molecule has 2 N–H and O–H groups in total. The maximum Gasteiger partial charge on any atom is 0.340 e. The molecule has 0 amide bonds. The van der Waals surface area contributed by atoms with Gasteiger partial charge in [-0.05, 0) is 30.7 Å². The van der Waals surface area contributed by atoms with E-state index in [0.29, 0.717) is 11.4 Å². The summed E-state index contributed by atoms with van der Waals surface area (Å²) in [7, 11) is 0. The summed E-state index contributed by atoms with van der Waals surface area (Å²) in [6.45, 7) is 2.14. The molecule has 4 rings (SSSR count). The van der Waals surface area contributed by atoms with Crippen LogP contribution in [0.4, 0.5) is 0 Å². The minimum absolute atomic E-state index is 0.117. The van der Waals surface area contributed by atoms with Gasteiger partial charge in [0.15, 0.2) is 0 Å². The van der Waals surface area contributed by atoms with Crippen molar-refractivity contribution in [2.45, 2.75) is 13.5 Å². The van der Waals surface area contributed by atoms with Crippen molar-refractivity contribution >= 4 is 27.9 Å². The Morgan fingerprint density at radius 1 is 1.17 bits per heavy atom. The van der Waals surface area contributed by atoms with Crippen LogP contribution in [0.5, 0.6) is 0 Å². The van der Waals surface area contributed by atoms with Crippen molar-refractivity contribution in [1.29, 1.82) is 0 Å². The molecule has 0 spiro atoms. The number of benzene rings is 2. The van der Waals surface area contributed by atoms with Gasteiger partial charge in [0.05, 0.1) is 16.6 Å². The second-order valence-corrected chi connectivity index (χ2v) is 5.53. The van der Waals surface area contributed by atoms with Crippen molar-refractivity contribution in [1.82, 2.24) is 15.0 Å². The number of nitrogens with zero attached hydrogens (tertiary/aromatic N) is 1. The summed E-state index contributed by atoms with van der Waals surface area (Å²) in [5.41, 5.74) is 4.42. The monoisotopic (exact) mass is 305 g/mol. The number of aryl methyl sites for hydroxylation is 1. The topological polar surface area (TPSA) is 70.8 Å². The molecule has 23 heavy (non-hydrogen) atoms. The Bertz CT molecular complexity index is 1010. The molecule has 114 valence electrons. The number of fused-ring (bicyclic) bond motifs is 2. The van der Waals surface area contributed by atoms with Gasteiger partial charge in [-0.2, -0.15) is 0 Å². The number of hydrogen-bond donors (Lipinski definition) is 2. The van der Waals surface area contributed by atoms with Crippen molar-refractivity contribution in [2.24, 2.45) is 0 Å². The van der Waals surface area contributed by atoms with Gasteiger partial charge >= 0.3 is 5.97 Å². The van der Waals surface area contributed by atoms with E-state index in [4.69, 9.17) is 4.74 Å². The van der Waals surface area contributed by atoms with E-state index in [9.17, 15) is 4.79 Å². The fraction of sp³-hybridized carbons (Fsp3) is 0.111. The van der Waals surface area contributed by atoms with Crippen LogP contribution in [0.2, 0.25) is 0 Å². The zero-order chi connectivity index (χ0) is 15.8. The summed E-state index contributed by atoms with van der Waals surface area (Å²) < 4.78 is 5.39. The Morgan fingerprint density at radius 3 is 2.96 bits per heavy atom. The second kappa shape index (κ2) is 5.28. The molecule has 5 nitrogen and oxygen atoms in total. The molecule has 0 saturated heterocycles. The number of carbonyl (C=O) groups is 1. The highest BCUT2D eigenvalue weighted by Crippen LogP contribution is 2.19. The molecule has 0 radical (unpaired) electrons. The molecule has 5 heteroatoms. The highest BCUT2D eigenvalue weighted by atomic mass is 16.5. The smallest absolute Gasteiger partial charge is 0.340 e. The number of ether oxygens (including phenoxy) is 1. The van der Waals surface area contributed by atoms with E-state index in [2.05, 4.69) is 15.0 Å². The largest absolute Gasteiger partial charge is 0.454 e. The second-order valence-electron chi connectivity index (χ2n) is 5.53. The van der Waals surface area contributed by atoms with Gasteiger partial charge in [0.25, 0.3) is 0 Å². The number of rotatable bonds is 3. The zero-order valence-electron chi connectivity index (χ0n) is 12.6. The van der Waals surface area contributed by atoms with Crippen LogP contribution in [0.1, 0.15) is 21.7 Å². The molecule has 0 bridgehead atoms. The van der Waals surface area contributed by atoms with E-state index in [1.165, 1.54) is 0 Å². The van der Waals surface area contributed by atoms with Crippen molar-refractivity contribution in [3.63, 3.8) is 0 Å². The van der Waals surface area contributed by atoms with Crippen LogP contribution in [0, 0.1) is 6.92 Å². The molecule has 0 unspecified atom stereocenters. The van der Waals surface area contributed by atoms with E-state index in [0.717, 1.165) is 27.5 Å². The lowest BCUT2D eigenvalue weighted by Crippen LogP contribution is -2.05. The van der Waals surface area contributed by atoms with E-state index >= 15 is 0 Å². The van der Waals surface area contributed by atoms with Crippen molar-refractivity contribution in [3.8, 4) is 0 Å². The lowest BCUT2D eigenvalue weighted by atomic mass is 10.2. The standard InChI is InChI=1S/C18H15N3O2/c1-11-6-7-15-16(8-11)21-17(20-15)10-23-18(22)13-9-19-14-5-3-2-4-12(13)14/h2-9,19H,10H2,1H3,(H,20,21). The molecule has 0 saturated carbocycles. The Kier molecular flexibility index (Phi) is 3.12. The minimum atomic E-state index is -0.362. The highest BCUT2D eigenvalue weighted by molar-refractivity contribution is 6.03. The normalized spacial score (nSPS) is 11.2. The van der Waals surface area contributed by atoms with Gasteiger partial charge in [-0.15, -0.1) is 0 Å². The molecule has 2 aromatic heterocycles. The number of H-pyrrole nitrogens is 2. The number of imidazole rings is 1. The van der Waals surface area contributed by atoms with E-state index in [-0.39, 0.29) is 12.6 Å². The first-order valence-electron chi connectivity index (χ1n) is 7.39. The van der Waals surface area contributed by atoms with E-state index in [1.54, 1.807) is 6.20 Å². The zero-order valence-corrected chi connectivity index (χ0v) is 12.6. The van der Waals surface area contributed by atoms with Gasteiger partial charge in [0.1, 0.15) is 12.4 Å². The molecule has 4 aromatic rings. The van der Waals surface area contributed by atoms with Gasteiger partial charge in [0.2, 0.25) is 0 Å². The van der Waals surface area contributed by atoms with Crippen LogP contribution in [0.15, 0.2) is 48.7 Å². The summed E-state index contributed by atoms with van der Waals surface area (Å²) in [6.07, 6.45) is 1.68. The van der Waals surface area contributed by atoms with Crippen LogP contribution in [-0.4, -0.2) is 20.9 Å². The third-order valence-electron chi connectivity index (χ3n) is 3.84. The third-order valence-corrected chi connectivity index (χ3v) is 3.84. The minimum Gasteiger partial charge on any atom is -0.454 e. The summed E-state index contributed by atoms with van der Waals surface area (Å²) in [5.74, 6) is 0.276. The Balaban J connectivity index is 1.54. The summed E-state index contributed by atoms with van der Waals surface area (Å²) in [5, 5.41) is 0.859. The predicted molar refractivity (Wildman–Crippen MR) is 88.2 cm³/mol. The summed E-state index contributed by atoms with van der Waals surface area (Å²) >= 11 is 0. The van der Waals surface area contributed by atoms with Crippen LogP contribution < -0.4 is 0 Å². The first kappa shape index (κ1) is 13.6. The van der Waals surface area contributed by atoms with Gasteiger partial charge < -0.3 is 14.7 Å². The first-order chi connectivity index (χ1) is 11.2. The van der Waals surface area contributed by atoms with Gasteiger partial charge in [-0.25, -0.2) is 9.78 Å². The molecule has 2 heterocycles. The fourth-order valence-corrected chi connectivity index (χ4v) is 2.70. The maximum absolute atomic E-state index is 12.3. The first-order valence-corrected chi connectivity index (χ1v) is 7.39. The maximum atomic E-state index is 12.3. The van der Waals surface area contributed by atoms with Crippen LogP contribution in [-0.2, 0) is 11.3 Å². The van der Waals surface area contributed by atoms with Crippen LogP contribution >= 0.6 is 0 Å². The summed E-state index contributed by atoms with van der Waals surface area (Å²) in [6, 6.07) is 13.6. The summed E-state index contributed by atoms with van der Waals surface area (Å²) in [4.78, 5) is 23.0. The fourth-order valence-electron chi connectivity index (χ4n) is 2.70. The molecule has 0 aliphatic rings. The number of carbonyl (C=O) groups excluding carboxylic acids is 1. The average molecular weight is 305 g/mol. The van der Waals surface area contributed by atoms with E-state index in [1.807, 2.05) is 49.4 Å². The number of para-hydroxylation sites is 1. The number of nitrogens with one attached hydrogen (secondary N) is 2. The molecule has 0 atom stereocenters. The average Bonchev–Trinajstić information content (AvgIpc) is 3.15. The number of aromatic amines is 2. The molecule has 0 fully saturated rings. The van der Waals surface area contributed by atoms with Crippen molar-refractivity contribution in [3.05, 3.63) is 65.6 Å². The van der Waals surface area contributed by atoms with Gasteiger partial charge in [-0.1, -0.05) is 24.3 Å². The number of aromatic nitrogens is 3.